The minimum atomic E-state index is -0.164. The summed E-state index contributed by atoms with van der Waals surface area (Å²) in [6.07, 6.45) is 3.47. The number of rotatable bonds is 7. The van der Waals surface area contributed by atoms with E-state index >= 15 is 0 Å². The van der Waals surface area contributed by atoms with Gasteiger partial charge in [0, 0.05) is 31.9 Å². The van der Waals surface area contributed by atoms with Crippen LogP contribution < -0.4 is 9.64 Å². The summed E-state index contributed by atoms with van der Waals surface area (Å²) in [4.78, 5) is 15.4. The summed E-state index contributed by atoms with van der Waals surface area (Å²) in [5.74, 6) is 0.918. The van der Waals surface area contributed by atoms with Gasteiger partial charge >= 0.3 is 0 Å². The third kappa shape index (κ3) is 3.77. The van der Waals surface area contributed by atoms with Gasteiger partial charge in [-0.05, 0) is 60.6 Å². The van der Waals surface area contributed by atoms with Crippen LogP contribution >= 0.6 is 0 Å². The Morgan fingerprint density at radius 2 is 2.00 bits per heavy atom. The average Bonchev–Trinajstić information content (AvgIpc) is 3.32. The molecule has 2 aliphatic rings. The molecule has 0 spiro atoms. The molecule has 2 aliphatic heterocycles. The normalized spacial score (nSPS) is 19.1. The Balaban J connectivity index is 1.46. The molecule has 2 heterocycles. The monoisotopic (exact) mass is 380 g/mol. The Labute approximate surface area is 166 Å². The summed E-state index contributed by atoms with van der Waals surface area (Å²) >= 11 is 0. The van der Waals surface area contributed by atoms with Crippen LogP contribution in [0.25, 0.3) is 11.1 Å². The number of hydrogen-bond acceptors (Lipinski definition) is 4. The van der Waals surface area contributed by atoms with Gasteiger partial charge in [0.2, 0.25) is 6.41 Å². The van der Waals surface area contributed by atoms with Crippen LogP contribution in [-0.2, 0) is 11.2 Å². The quantitative estimate of drug-likeness (QED) is 0.593. The van der Waals surface area contributed by atoms with E-state index in [-0.39, 0.29) is 6.10 Å². The highest BCUT2D eigenvalue weighted by atomic mass is 16.5. The molecule has 0 aromatic heterocycles. The van der Waals surface area contributed by atoms with Crippen molar-refractivity contribution < 1.29 is 14.6 Å². The van der Waals surface area contributed by atoms with Gasteiger partial charge in [-0.2, -0.15) is 0 Å². The first-order valence-electron chi connectivity index (χ1n) is 10.1. The van der Waals surface area contributed by atoms with Crippen LogP contribution in [0.3, 0.4) is 0 Å². The number of carbonyl (C=O) groups is 1. The number of anilines is 1. The van der Waals surface area contributed by atoms with Gasteiger partial charge in [0.1, 0.15) is 5.75 Å². The average molecular weight is 380 g/mol. The lowest BCUT2D eigenvalue weighted by Crippen LogP contribution is -2.24. The van der Waals surface area contributed by atoms with Gasteiger partial charge in [0.25, 0.3) is 0 Å². The van der Waals surface area contributed by atoms with Crippen LogP contribution in [0.4, 0.5) is 5.69 Å². The van der Waals surface area contributed by atoms with Crippen molar-refractivity contribution in [1.29, 1.82) is 0 Å². The summed E-state index contributed by atoms with van der Waals surface area (Å²) in [6, 6.07) is 12.4. The third-order valence-corrected chi connectivity index (χ3v) is 5.89. The molecule has 5 heteroatoms. The highest BCUT2D eigenvalue weighted by Gasteiger charge is 2.23. The van der Waals surface area contributed by atoms with Gasteiger partial charge in [0.05, 0.1) is 12.7 Å². The summed E-state index contributed by atoms with van der Waals surface area (Å²) < 4.78 is 6.09. The predicted molar refractivity (Wildman–Crippen MR) is 111 cm³/mol. The van der Waals surface area contributed by atoms with Gasteiger partial charge in [-0.25, -0.2) is 0 Å². The number of benzene rings is 2. The van der Waals surface area contributed by atoms with Crippen molar-refractivity contribution in [3.05, 3.63) is 47.5 Å². The van der Waals surface area contributed by atoms with Gasteiger partial charge in [-0.15, -0.1) is 0 Å². The molecule has 148 valence electrons. The number of fused-ring (bicyclic) bond motifs is 1. The summed E-state index contributed by atoms with van der Waals surface area (Å²) in [5.41, 5.74) is 5.76. The van der Waals surface area contributed by atoms with Crippen LogP contribution in [0.1, 0.15) is 24.0 Å². The number of hydrogen-bond donors (Lipinski definition) is 1. The largest absolute Gasteiger partial charge is 0.493 e. The molecule has 28 heavy (non-hydrogen) atoms. The van der Waals surface area contributed by atoms with Crippen molar-refractivity contribution in [2.45, 2.75) is 32.3 Å². The van der Waals surface area contributed by atoms with E-state index in [9.17, 15) is 9.90 Å². The van der Waals surface area contributed by atoms with Gasteiger partial charge in [0.15, 0.2) is 0 Å². The Hall–Kier alpha value is -2.37. The van der Waals surface area contributed by atoms with E-state index in [0.29, 0.717) is 6.61 Å². The minimum Gasteiger partial charge on any atom is -0.493 e. The number of aliphatic hydroxyl groups is 1. The maximum Gasteiger partial charge on any atom is 0.214 e. The fourth-order valence-electron chi connectivity index (χ4n) is 4.37. The summed E-state index contributed by atoms with van der Waals surface area (Å²) in [5, 5.41) is 9.61. The number of likely N-dealkylation sites (tertiary alicyclic amines) is 1. The van der Waals surface area contributed by atoms with Crippen molar-refractivity contribution in [2.24, 2.45) is 0 Å². The maximum atomic E-state index is 11.3. The van der Waals surface area contributed by atoms with Crippen molar-refractivity contribution in [3.8, 4) is 16.9 Å². The molecule has 5 nitrogen and oxygen atoms in total. The second-order valence-electron chi connectivity index (χ2n) is 7.73. The Kier molecular flexibility index (Phi) is 5.64. The first kappa shape index (κ1) is 19.0. The standard InChI is InChI=1S/C23H28N2O3/c1-17-19(20-6-2-7-22-21(20)10-13-25(22)16-26)5-3-8-23(17)28-14-4-11-24-12-9-18(27)15-24/h2-3,5-8,16,18,27H,4,9-15H2,1H3. The van der Waals surface area contributed by atoms with Crippen molar-refractivity contribution in [1.82, 2.24) is 4.90 Å². The minimum absolute atomic E-state index is 0.164. The topological polar surface area (TPSA) is 53.0 Å². The second-order valence-corrected chi connectivity index (χ2v) is 7.73. The SMILES string of the molecule is Cc1c(OCCCN2CCC(O)C2)cccc1-c1cccc2c1CCN2C=O. The summed E-state index contributed by atoms with van der Waals surface area (Å²) in [7, 11) is 0. The molecule has 0 aliphatic carbocycles. The third-order valence-electron chi connectivity index (χ3n) is 5.89. The zero-order valence-electron chi connectivity index (χ0n) is 16.4. The van der Waals surface area contributed by atoms with Crippen LogP contribution in [0.15, 0.2) is 36.4 Å². The predicted octanol–water partition coefficient (Wildman–Crippen LogP) is 3.02. The molecular weight excluding hydrogens is 352 g/mol. The van der Waals surface area contributed by atoms with Gasteiger partial charge < -0.3 is 19.6 Å². The molecular formula is C23H28N2O3. The zero-order valence-corrected chi connectivity index (χ0v) is 16.4. The number of nitrogens with zero attached hydrogens (tertiary/aromatic N) is 2. The molecule has 1 atom stereocenters. The Bertz CT molecular complexity index is 852. The van der Waals surface area contributed by atoms with E-state index < -0.39 is 0 Å². The molecule has 1 saturated heterocycles. The smallest absolute Gasteiger partial charge is 0.214 e. The van der Waals surface area contributed by atoms with Crippen molar-refractivity contribution >= 4 is 12.1 Å². The van der Waals surface area contributed by atoms with E-state index in [1.807, 2.05) is 24.3 Å². The molecule has 1 amide bonds. The van der Waals surface area contributed by atoms with Crippen LogP contribution in [-0.4, -0.2) is 55.3 Å². The van der Waals surface area contributed by atoms with E-state index in [1.165, 1.54) is 16.7 Å². The van der Waals surface area contributed by atoms with Crippen LogP contribution in [0.5, 0.6) is 5.75 Å². The number of aliphatic hydroxyl groups excluding tert-OH is 1. The molecule has 4 rings (SSSR count). The Morgan fingerprint density at radius 3 is 2.79 bits per heavy atom. The second kappa shape index (κ2) is 8.33. The highest BCUT2D eigenvalue weighted by Crippen LogP contribution is 2.38. The van der Waals surface area contributed by atoms with Gasteiger partial charge in [-0.3, -0.25) is 4.79 Å². The molecule has 2 aromatic carbocycles. The first-order chi connectivity index (χ1) is 13.7. The lowest BCUT2D eigenvalue weighted by Gasteiger charge is -2.17. The summed E-state index contributed by atoms with van der Waals surface area (Å²) in [6.45, 7) is 6.24. The number of ether oxygens (including phenoxy) is 1. The van der Waals surface area contributed by atoms with Gasteiger partial charge in [-0.1, -0.05) is 24.3 Å². The molecule has 1 N–H and O–H groups in total. The molecule has 0 saturated carbocycles. The maximum absolute atomic E-state index is 11.3. The van der Waals surface area contributed by atoms with Crippen molar-refractivity contribution in [3.63, 3.8) is 0 Å². The highest BCUT2D eigenvalue weighted by molar-refractivity contribution is 5.86. The number of β-amino-alcohol motifs (C(OH)–C–C–N with tert-alkyl or cyclic N) is 1. The number of amides is 1. The van der Waals surface area contributed by atoms with Crippen LogP contribution in [0, 0.1) is 6.92 Å². The molecule has 0 radical (unpaired) electrons. The van der Waals surface area contributed by atoms with E-state index in [2.05, 4.69) is 24.0 Å². The molecule has 2 aromatic rings. The van der Waals surface area contributed by atoms with Crippen molar-refractivity contribution in [2.75, 3.05) is 37.7 Å². The molecule has 0 bridgehead atoms. The fourth-order valence-corrected chi connectivity index (χ4v) is 4.37. The van der Waals surface area contributed by atoms with E-state index in [4.69, 9.17) is 4.74 Å². The van der Waals surface area contributed by atoms with E-state index in [1.54, 1.807) is 4.90 Å². The van der Waals surface area contributed by atoms with E-state index in [0.717, 1.165) is 68.9 Å². The Morgan fingerprint density at radius 1 is 1.18 bits per heavy atom. The lowest BCUT2D eigenvalue weighted by molar-refractivity contribution is -0.107. The zero-order chi connectivity index (χ0) is 19.5. The molecule has 1 fully saturated rings. The number of carbonyl (C=O) groups excluding carboxylic acids is 1. The fraction of sp³-hybridized carbons (Fsp3) is 0.435. The molecule has 1 unspecified atom stereocenters. The van der Waals surface area contributed by atoms with Crippen LogP contribution in [0.2, 0.25) is 0 Å². The first-order valence-corrected chi connectivity index (χ1v) is 10.1. The lowest BCUT2D eigenvalue weighted by atomic mass is 9.94.